The van der Waals surface area contributed by atoms with E-state index in [2.05, 4.69) is 10.3 Å². The number of thiazole rings is 1. The molecular weight excluding hydrogens is 405 g/mol. The van der Waals surface area contributed by atoms with Crippen molar-refractivity contribution in [2.75, 3.05) is 5.32 Å². The van der Waals surface area contributed by atoms with Gasteiger partial charge in [-0.15, -0.1) is 11.3 Å². The number of carbonyl (C=O) groups excluding carboxylic acids is 1. The number of benzene rings is 2. The largest absolute Gasteiger partial charge is 0.416 e. The second-order valence-corrected chi connectivity index (χ2v) is 7.71. The molecular formula is C17H10ClF3N2OS2. The minimum absolute atomic E-state index is 0.217. The number of carbonyl (C=O) groups is 1. The van der Waals surface area contributed by atoms with Gasteiger partial charge in [-0.2, -0.15) is 13.2 Å². The van der Waals surface area contributed by atoms with Crippen LogP contribution in [0.2, 0.25) is 5.02 Å². The van der Waals surface area contributed by atoms with Crippen molar-refractivity contribution in [1.82, 2.24) is 4.98 Å². The van der Waals surface area contributed by atoms with Crippen molar-refractivity contribution in [2.24, 2.45) is 0 Å². The lowest BCUT2D eigenvalue weighted by atomic mass is 10.2. The Morgan fingerprint density at radius 2 is 1.73 bits per heavy atom. The number of halogens is 4. The normalized spacial score (nSPS) is 11.4. The summed E-state index contributed by atoms with van der Waals surface area (Å²) in [5.41, 5.74) is 1.25. The van der Waals surface area contributed by atoms with Gasteiger partial charge in [-0.25, -0.2) is 4.98 Å². The Bertz CT molecular complexity index is 909. The van der Waals surface area contributed by atoms with Crippen molar-refractivity contribution in [1.29, 1.82) is 0 Å². The number of anilines is 1. The van der Waals surface area contributed by atoms with Gasteiger partial charge in [0.15, 0.2) is 5.69 Å². The lowest BCUT2D eigenvalue weighted by Gasteiger charge is -2.08. The summed E-state index contributed by atoms with van der Waals surface area (Å²) >= 11 is 8.52. The lowest BCUT2D eigenvalue weighted by Crippen LogP contribution is -2.13. The summed E-state index contributed by atoms with van der Waals surface area (Å²) in [4.78, 5) is 17.4. The van der Waals surface area contributed by atoms with Crippen molar-refractivity contribution in [2.45, 2.75) is 15.3 Å². The van der Waals surface area contributed by atoms with E-state index in [-0.39, 0.29) is 11.4 Å². The van der Waals surface area contributed by atoms with Crippen LogP contribution in [0.1, 0.15) is 16.1 Å². The molecule has 134 valence electrons. The molecule has 3 rings (SSSR count). The molecule has 0 fully saturated rings. The zero-order valence-electron chi connectivity index (χ0n) is 12.9. The minimum Gasteiger partial charge on any atom is -0.321 e. The third-order valence-corrected chi connectivity index (χ3v) is 5.54. The quantitative estimate of drug-likeness (QED) is 0.551. The number of nitrogens with one attached hydrogen (secondary N) is 1. The van der Waals surface area contributed by atoms with E-state index in [0.29, 0.717) is 9.23 Å². The zero-order valence-corrected chi connectivity index (χ0v) is 15.3. The average molecular weight is 415 g/mol. The highest BCUT2D eigenvalue weighted by molar-refractivity contribution is 8.01. The third-order valence-electron chi connectivity index (χ3n) is 3.24. The predicted molar refractivity (Wildman–Crippen MR) is 97.1 cm³/mol. The molecule has 0 unspecified atom stereocenters. The van der Waals surface area contributed by atoms with Crippen LogP contribution in [-0.2, 0) is 6.18 Å². The van der Waals surface area contributed by atoms with E-state index in [1.54, 1.807) is 17.6 Å². The molecule has 0 aliphatic rings. The van der Waals surface area contributed by atoms with Gasteiger partial charge in [0.1, 0.15) is 0 Å². The summed E-state index contributed by atoms with van der Waals surface area (Å²) in [6.07, 6.45) is -4.42. The highest BCUT2D eigenvalue weighted by Crippen LogP contribution is 2.34. The van der Waals surface area contributed by atoms with E-state index >= 15 is 0 Å². The van der Waals surface area contributed by atoms with Crippen LogP contribution in [0.15, 0.2) is 63.1 Å². The van der Waals surface area contributed by atoms with Gasteiger partial charge >= 0.3 is 6.18 Å². The summed E-state index contributed by atoms with van der Waals surface area (Å²) in [6.45, 7) is 0. The SMILES string of the molecule is O=C(Nc1ccc(C(F)(F)F)cc1)c1ncsc1Sc1ccc(Cl)cc1. The number of amides is 1. The number of alkyl halides is 3. The van der Waals surface area contributed by atoms with Crippen LogP contribution in [0.25, 0.3) is 0 Å². The molecule has 1 aromatic heterocycles. The van der Waals surface area contributed by atoms with Gasteiger partial charge in [-0.05, 0) is 48.5 Å². The molecule has 0 saturated heterocycles. The lowest BCUT2D eigenvalue weighted by molar-refractivity contribution is -0.137. The van der Waals surface area contributed by atoms with E-state index in [4.69, 9.17) is 11.6 Å². The molecule has 2 aromatic carbocycles. The summed E-state index contributed by atoms with van der Waals surface area (Å²) in [5.74, 6) is -0.484. The average Bonchev–Trinajstić information content (AvgIpc) is 3.05. The van der Waals surface area contributed by atoms with Crippen LogP contribution in [-0.4, -0.2) is 10.9 Å². The Morgan fingerprint density at radius 3 is 2.35 bits per heavy atom. The first-order chi connectivity index (χ1) is 12.3. The van der Waals surface area contributed by atoms with E-state index < -0.39 is 17.6 Å². The number of nitrogens with zero attached hydrogens (tertiary/aromatic N) is 1. The van der Waals surface area contributed by atoms with Crippen LogP contribution >= 0.6 is 34.7 Å². The van der Waals surface area contributed by atoms with Crippen molar-refractivity contribution in [3.63, 3.8) is 0 Å². The number of hydrogen-bond donors (Lipinski definition) is 1. The minimum atomic E-state index is -4.42. The van der Waals surface area contributed by atoms with Gasteiger partial charge in [-0.1, -0.05) is 23.4 Å². The molecule has 3 aromatic rings. The van der Waals surface area contributed by atoms with Gasteiger partial charge in [0.2, 0.25) is 0 Å². The Labute approximate surface area is 160 Å². The van der Waals surface area contributed by atoms with Crippen molar-refractivity contribution < 1.29 is 18.0 Å². The van der Waals surface area contributed by atoms with E-state index in [1.165, 1.54) is 35.2 Å². The maximum atomic E-state index is 12.6. The standard InChI is InChI=1S/C17H10ClF3N2OS2/c18-11-3-7-13(8-4-11)26-16-14(22-9-25-16)15(24)23-12-5-1-10(2-6-12)17(19,20)21/h1-9H,(H,23,24). The molecule has 0 aliphatic carbocycles. The molecule has 3 nitrogen and oxygen atoms in total. The molecule has 1 amide bonds. The predicted octanol–water partition coefficient (Wildman–Crippen LogP) is 6.22. The van der Waals surface area contributed by atoms with Gasteiger partial charge in [0.05, 0.1) is 15.3 Å². The van der Waals surface area contributed by atoms with E-state index in [0.717, 1.165) is 17.0 Å². The second kappa shape index (κ2) is 7.69. The molecule has 0 saturated carbocycles. The van der Waals surface area contributed by atoms with Gasteiger partial charge in [-0.3, -0.25) is 4.79 Å². The fourth-order valence-electron chi connectivity index (χ4n) is 2.00. The topological polar surface area (TPSA) is 42.0 Å². The van der Waals surface area contributed by atoms with Crippen LogP contribution in [0.3, 0.4) is 0 Å². The molecule has 0 radical (unpaired) electrons. The van der Waals surface area contributed by atoms with Gasteiger partial charge < -0.3 is 5.32 Å². The summed E-state index contributed by atoms with van der Waals surface area (Å²) < 4.78 is 38.4. The Morgan fingerprint density at radius 1 is 1.08 bits per heavy atom. The Kier molecular flexibility index (Phi) is 5.55. The molecule has 9 heteroatoms. The van der Waals surface area contributed by atoms with Crippen LogP contribution in [0.4, 0.5) is 18.9 Å². The third kappa shape index (κ3) is 4.57. The number of rotatable bonds is 4. The number of aromatic nitrogens is 1. The highest BCUT2D eigenvalue weighted by Gasteiger charge is 2.30. The van der Waals surface area contributed by atoms with Gasteiger partial charge in [0.25, 0.3) is 5.91 Å². The molecule has 0 spiro atoms. The molecule has 0 aliphatic heterocycles. The molecule has 0 atom stereocenters. The van der Waals surface area contributed by atoms with Crippen LogP contribution in [0.5, 0.6) is 0 Å². The Balaban J connectivity index is 1.73. The maximum Gasteiger partial charge on any atom is 0.416 e. The molecule has 1 heterocycles. The first-order valence-corrected chi connectivity index (χ1v) is 9.26. The van der Waals surface area contributed by atoms with Crippen LogP contribution in [0, 0.1) is 0 Å². The first-order valence-electron chi connectivity index (χ1n) is 7.18. The van der Waals surface area contributed by atoms with Crippen molar-refractivity contribution in [3.05, 3.63) is 70.3 Å². The molecule has 0 bridgehead atoms. The monoisotopic (exact) mass is 414 g/mol. The first kappa shape index (κ1) is 18.8. The smallest absolute Gasteiger partial charge is 0.321 e. The summed E-state index contributed by atoms with van der Waals surface area (Å²) in [6, 6.07) is 11.4. The fraction of sp³-hybridized carbons (Fsp3) is 0.0588. The van der Waals surface area contributed by atoms with E-state index in [1.807, 2.05) is 12.1 Å². The Hall–Kier alpha value is -2.03. The van der Waals surface area contributed by atoms with Gasteiger partial charge in [0, 0.05) is 15.6 Å². The summed E-state index contributed by atoms with van der Waals surface area (Å²) in [5, 5.41) is 3.17. The second-order valence-electron chi connectivity index (χ2n) is 5.07. The van der Waals surface area contributed by atoms with E-state index in [9.17, 15) is 18.0 Å². The van der Waals surface area contributed by atoms with Crippen molar-refractivity contribution >= 4 is 46.3 Å². The van der Waals surface area contributed by atoms with Crippen LogP contribution < -0.4 is 5.32 Å². The molecule has 26 heavy (non-hydrogen) atoms. The molecule has 1 N–H and O–H groups in total. The highest BCUT2D eigenvalue weighted by atomic mass is 35.5. The maximum absolute atomic E-state index is 12.6. The van der Waals surface area contributed by atoms with Crippen molar-refractivity contribution in [3.8, 4) is 0 Å². The summed E-state index contributed by atoms with van der Waals surface area (Å²) in [7, 11) is 0. The fourth-order valence-corrected chi connectivity index (χ4v) is 3.98. The zero-order chi connectivity index (χ0) is 18.7. The number of hydrogen-bond acceptors (Lipinski definition) is 4.